The first-order chi connectivity index (χ1) is 11.0. The highest BCUT2D eigenvalue weighted by atomic mass is 79.9. The van der Waals surface area contributed by atoms with Crippen LogP contribution in [-0.4, -0.2) is 12.6 Å². The zero-order valence-electron chi connectivity index (χ0n) is 13.1. The van der Waals surface area contributed by atoms with Crippen molar-refractivity contribution in [2.45, 2.75) is 26.7 Å². The zero-order chi connectivity index (χ0) is 16.8. The molecule has 0 aliphatic heterocycles. The molecule has 0 atom stereocenters. The Bertz CT molecular complexity index is 686. The lowest BCUT2D eigenvalue weighted by Crippen LogP contribution is -2.10. The Hall–Kier alpha value is -1.52. The standard InChI is InChI=1S/C18H18BrClO3/c1-12-11-15(17(19)13(2)18(12)20)22-10-6-9-16(21)23-14-7-4-3-5-8-14/h3-5,7-8,11H,6,9-10H2,1-2H3. The maximum Gasteiger partial charge on any atom is 0.311 e. The van der Waals surface area contributed by atoms with Crippen molar-refractivity contribution in [1.29, 1.82) is 0 Å². The molecule has 0 N–H and O–H groups in total. The summed E-state index contributed by atoms with van der Waals surface area (Å²) in [5.74, 6) is 1.04. The van der Waals surface area contributed by atoms with Crippen molar-refractivity contribution in [2.75, 3.05) is 6.61 Å². The van der Waals surface area contributed by atoms with Crippen LogP contribution in [0.15, 0.2) is 40.9 Å². The smallest absolute Gasteiger partial charge is 0.311 e. The highest BCUT2D eigenvalue weighted by molar-refractivity contribution is 9.10. The second-order valence-electron chi connectivity index (χ2n) is 5.18. The van der Waals surface area contributed by atoms with E-state index in [9.17, 15) is 4.79 Å². The molecule has 3 nitrogen and oxygen atoms in total. The summed E-state index contributed by atoms with van der Waals surface area (Å²) in [6.07, 6.45) is 0.886. The highest BCUT2D eigenvalue weighted by Gasteiger charge is 2.11. The molecule has 5 heteroatoms. The quantitative estimate of drug-likeness (QED) is 0.367. The molecule has 2 rings (SSSR count). The first-order valence-electron chi connectivity index (χ1n) is 7.32. The number of hydrogen-bond donors (Lipinski definition) is 0. The van der Waals surface area contributed by atoms with E-state index in [4.69, 9.17) is 21.1 Å². The molecule has 0 aliphatic rings. The van der Waals surface area contributed by atoms with Crippen molar-refractivity contribution < 1.29 is 14.3 Å². The molecule has 0 aromatic heterocycles. The molecule has 0 bridgehead atoms. The van der Waals surface area contributed by atoms with Crippen LogP contribution in [0.2, 0.25) is 5.02 Å². The Morgan fingerprint density at radius 1 is 1.22 bits per heavy atom. The summed E-state index contributed by atoms with van der Waals surface area (Å²) >= 11 is 9.68. The minimum absolute atomic E-state index is 0.262. The van der Waals surface area contributed by atoms with E-state index in [-0.39, 0.29) is 5.97 Å². The zero-order valence-corrected chi connectivity index (χ0v) is 15.4. The molecule has 0 fully saturated rings. The third-order valence-corrected chi connectivity index (χ3v) is 4.89. The summed E-state index contributed by atoms with van der Waals surface area (Å²) in [4.78, 5) is 11.7. The fourth-order valence-electron chi connectivity index (χ4n) is 2.07. The Labute approximate surface area is 149 Å². The minimum atomic E-state index is -0.262. The molecule has 2 aromatic carbocycles. The van der Waals surface area contributed by atoms with E-state index in [1.807, 2.05) is 38.1 Å². The van der Waals surface area contributed by atoms with E-state index < -0.39 is 0 Å². The summed E-state index contributed by atoms with van der Waals surface area (Å²) < 4.78 is 11.8. The van der Waals surface area contributed by atoms with Crippen molar-refractivity contribution in [3.8, 4) is 11.5 Å². The second-order valence-corrected chi connectivity index (χ2v) is 6.35. The topological polar surface area (TPSA) is 35.5 Å². The van der Waals surface area contributed by atoms with Gasteiger partial charge in [0.15, 0.2) is 0 Å². The molecular weight excluding hydrogens is 380 g/mol. The molecule has 0 radical (unpaired) electrons. The van der Waals surface area contributed by atoms with Gasteiger partial charge >= 0.3 is 5.97 Å². The summed E-state index contributed by atoms with van der Waals surface area (Å²) in [7, 11) is 0. The fourth-order valence-corrected chi connectivity index (χ4v) is 2.77. The van der Waals surface area contributed by atoms with E-state index in [1.54, 1.807) is 12.1 Å². The van der Waals surface area contributed by atoms with Gasteiger partial charge in [-0.2, -0.15) is 0 Å². The van der Waals surface area contributed by atoms with Gasteiger partial charge in [-0.3, -0.25) is 4.79 Å². The fraction of sp³-hybridized carbons (Fsp3) is 0.278. The molecule has 23 heavy (non-hydrogen) atoms. The van der Waals surface area contributed by atoms with Crippen molar-refractivity contribution in [3.63, 3.8) is 0 Å². The van der Waals surface area contributed by atoms with Crippen LogP contribution >= 0.6 is 27.5 Å². The molecule has 122 valence electrons. The SMILES string of the molecule is Cc1cc(OCCCC(=O)Oc2ccccc2)c(Br)c(C)c1Cl. The number of aryl methyl sites for hydroxylation is 1. The average molecular weight is 398 g/mol. The summed E-state index contributed by atoms with van der Waals surface area (Å²) in [5, 5.41) is 0.732. The van der Waals surface area contributed by atoms with E-state index in [0.29, 0.717) is 25.2 Å². The van der Waals surface area contributed by atoms with Gasteiger partial charge in [0.1, 0.15) is 11.5 Å². The van der Waals surface area contributed by atoms with Gasteiger partial charge < -0.3 is 9.47 Å². The van der Waals surface area contributed by atoms with E-state index in [2.05, 4.69) is 15.9 Å². The normalized spacial score (nSPS) is 10.4. The average Bonchev–Trinajstić information content (AvgIpc) is 2.55. The number of carbonyl (C=O) groups is 1. The van der Waals surface area contributed by atoms with Crippen LogP contribution in [0.4, 0.5) is 0 Å². The number of halogens is 2. The summed E-state index contributed by atoms with van der Waals surface area (Å²) in [6, 6.07) is 10.9. The third-order valence-electron chi connectivity index (χ3n) is 3.33. The van der Waals surface area contributed by atoms with Gasteiger partial charge in [-0.15, -0.1) is 0 Å². The molecule has 0 unspecified atom stereocenters. The molecule has 0 saturated heterocycles. The van der Waals surface area contributed by atoms with Gasteiger partial charge in [-0.05, 0) is 65.5 Å². The Balaban J connectivity index is 1.81. The first kappa shape index (κ1) is 17.8. The van der Waals surface area contributed by atoms with Crippen molar-refractivity contribution in [3.05, 3.63) is 57.0 Å². The van der Waals surface area contributed by atoms with Gasteiger partial charge in [0, 0.05) is 11.4 Å². The number of benzene rings is 2. The first-order valence-corrected chi connectivity index (χ1v) is 8.50. The highest BCUT2D eigenvalue weighted by Crippen LogP contribution is 2.35. The molecule has 0 amide bonds. The predicted molar refractivity (Wildman–Crippen MR) is 95.4 cm³/mol. The Morgan fingerprint density at radius 2 is 1.91 bits per heavy atom. The lowest BCUT2D eigenvalue weighted by atomic mass is 10.1. The van der Waals surface area contributed by atoms with Crippen LogP contribution < -0.4 is 9.47 Å². The van der Waals surface area contributed by atoms with Crippen molar-refractivity contribution in [2.24, 2.45) is 0 Å². The van der Waals surface area contributed by atoms with Gasteiger partial charge in [0.2, 0.25) is 0 Å². The van der Waals surface area contributed by atoms with Crippen LogP contribution in [-0.2, 0) is 4.79 Å². The van der Waals surface area contributed by atoms with E-state index in [1.165, 1.54) is 0 Å². The maximum absolute atomic E-state index is 11.7. The molecule has 0 aliphatic carbocycles. The van der Waals surface area contributed by atoms with Gasteiger partial charge in [0.25, 0.3) is 0 Å². The van der Waals surface area contributed by atoms with Gasteiger partial charge in [0.05, 0.1) is 11.1 Å². The Morgan fingerprint density at radius 3 is 2.61 bits per heavy atom. The van der Waals surface area contributed by atoms with Crippen molar-refractivity contribution in [1.82, 2.24) is 0 Å². The second kappa shape index (κ2) is 8.37. The number of rotatable bonds is 6. The monoisotopic (exact) mass is 396 g/mol. The van der Waals surface area contributed by atoms with Gasteiger partial charge in [-0.25, -0.2) is 0 Å². The minimum Gasteiger partial charge on any atom is -0.492 e. The lowest BCUT2D eigenvalue weighted by molar-refractivity contribution is -0.134. The van der Waals surface area contributed by atoms with Gasteiger partial charge in [-0.1, -0.05) is 29.8 Å². The molecule has 2 aromatic rings. The van der Waals surface area contributed by atoms with Crippen LogP contribution in [0, 0.1) is 13.8 Å². The molecule has 0 heterocycles. The lowest BCUT2D eigenvalue weighted by Gasteiger charge is -2.13. The number of para-hydroxylation sites is 1. The van der Waals surface area contributed by atoms with Crippen LogP contribution in [0.5, 0.6) is 11.5 Å². The van der Waals surface area contributed by atoms with Crippen LogP contribution in [0.25, 0.3) is 0 Å². The van der Waals surface area contributed by atoms with Crippen molar-refractivity contribution >= 4 is 33.5 Å². The maximum atomic E-state index is 11.7. The number of esters is 1. The van der Waals surface area contributed by atoms with E-state index >= 15 is 0 Å². The third kappa shape index (κ3) is 4.98. The number of ether oxygens (including phenoxy) is 2. The number of carbonyl (C=O) groups excluding carboxylic acids is 1. The number of hydrogen-bond acceptors (Lipinski definition) is 3. The Kier molecular flexibility index (Phi) is 6.48. The van der Waals surface area contributed by atoms with Crippen LogP contribution in [0.3, 0.4) is 0 Å². The molecular formula is C18H18BrClO3. The predicted octanol–water partition coefficient (Wildman–Crippen LogP) is 5.48. The summed E-state index contributed by atoms with van der Waals surface area (Å²) in [5.41, 5.74) is 1.91. The largest absolute Gasteiger partial charge is 0.492 e. The summed E-state index contributed by atoms with van der Waals surface area (Å²) in [6.45, 7) is 4.30. The van der Waals surface area contributed by atoms with Crippen LogP contribution in [0.1, 0.15) is 24.0 Å². The van der Waals surface area contributed by atoms with E-state index in [0.717, 1.165) is 26.4 Å². The molecule has 0 spiro atoms. The molecule has 0 saturated carbocycles.